The lowest BCUT2D eigenvalue weighted by Gasteiger charge is -2.41. The van der Waals surface area contributed by atoms with Crippen molar-refractivity contribution in [1.29, 1.82) is 0 Å². The van der Waals surface area contributed by atoms with E-state index in [2.05, 4.69) is 25.3 Å². The van der Waals surface area contributed by atoms with Crippen LogP contribution < -0.4 is 0 Å². The van der Waals surface area contributed by atoms with Crippen molar-refractivity contribution in [3.63, 3.8) is 0 Å². The minimum Gasteiger partial charge on any atom is -0.456 e. The van der Waals surface area contributed by atoms with Crippen molar-refractivity contribution in [1.82, 2.24) is 4.90 Å². The quantitative estimate of drug-likeness (QED) is 0.486. The van der Waals surface area contributed by atoms with Crippen LogP contribution in [0.25, 0.3) is 0 Å². The summed E-state index contributed by atoms with van der Waals surface area (Å²) in [6.45, 7) is 11.2. The standard InChI is InChI=1S/C10H17NO2/c1-7(2)10(12)13-9-5-11(6-9)8(3)4/h8-9H,1,5-6H2,2-4H3. The highest BCUT2D eigenvalue weighted by Gasteiger charge is 2.31. The topological polar surface area (TPSA) is 29.5 Å². The number of hydrogen-bond acceptors (Lipinski definition) is 3. The molecule has 1 fully saturated rings. The van der Waals surface area contributed by atoms with Crippen LogP contribution in [0, 0.1) is 0 Å². The molecule has 3 heteroatoms. The van der Waals surface area contributed by atoms with E-state index in [1.807, 2.05) is 0 Å². The Kier molecular flexibility index (Phi) is 3.09. The molecule has 1 saturated heterocycles. The number of likely N-dealkylation sites (tertiary alicyclic amines) is 1. The van der Waals surface area contributed by atoms with Crippen LogP contribution in [0.15, 0.2) is 12.2 Å². The molecule has 1 aliphatic heterocycles. The molecule has 0 saturated carbocycles. The first-order chi connectivity index (χ1) is 6.00. The van der Waals surface area contributed by atoms with E-state index in [1.165, 1.54) is 0 Å². The predicted molar refractivity (Wildman–Crippen MR) is 51.4 cm³/mol. The zero-order valence-corrected chi connectivity index (χ0v) is 8.54. The molecule has 1 rings (SSSR count). The molecular weight excluding hydrogens is 166 g/mol. The Hall–Kier alpha value is -0.830. The van der Waals surface area contributed by atoms with E-state index in [4.69, 9.17) is 4.74 Å². The summed E-state index contributed by atoms with van der Waals surface area (Å²) in [5.41, 5.74) is 0.475. The van der Waals surface area contributed by atoms with Gasteiger partial charge in [0.05, 0.1) is 0 Å². The third-order valence-corrected chi connectivity index (χ3v) is 2.23. The van der Waals surface area contributed by atoms with E-state index in [9.17, 15) is 4.79 Å². The van der Waals surface area contributed by atoms with Crippen LogP contribution in [0.1, 0.15) is 20.8 Å². The Morgan fingerprint density at radius 3 is 2.46 bits per heavy atom. The van der Waals surface area contributed by atoms with Gasteiger partial charge in [0.1, 0.15) is 6.10 Å². The van der Waals surface area contributed by atoms with Crippen molar-refractivity contribution < 1.29 is 9.53 Å². The molecule has 1 aliphatic rings. The summed E-state index contributed by atoms with van der Waals surface area (Å²) in [5, 5.41) is 0. The molecule has 0 aromatic carbocycles. The van der Waals surface area contributed by atoms with Gasteiger partial charge in [-0.2, -0.15) is 0 Å². The Balaban J connectivity index is 2.22. The molecule has 0 bridgehead atoms. The monoisotopic (exact) mass is 183 g/mol. The lowest BCUT2D eigenvalue weighted by molar-refractivity contribution is -0.153. The lowest BCUT2D eigenvalue weighted by atomic mass is 10.1. The maximum absolute atomic E-state index is 11.1. The highest BCUT2D eigenvalue weighted by atomic mass is 16.5. The van der Waals surface area contributed by atoms with Crippen LogP contribution in [-0.4, -0.2) is 36.1 Å². The lowest BCUT2D eigenvalue weighted by Crippen LogP contribution is -2.55. The highest BCUT2D eigenvalue weighted by molar-refractivity contribution is 5.87. The summed E-state index contributed by atoms with van der Waals surface area (Å²) in [6.07, 6.45) is 0.0756. The average Bonchev–Trinajstić information content (AvgIpc) is 1.94. The van der Waals surface area contributed by atoms with Gasteiger partial charge in [-0.15, -0.1) is 0 Å². The number of carbonyl (C=O) groups excluding carboxylic acids is 1. The van der Waals surface area contributed by atoms with Gasteiger partial charge in [0.2, 0.25) is 0 Å². The van der Waals surface area contributed by atoms with E-state index in [0.29, 0.717) is 11.6 Å². The van der Waals surface area contributed by atoms with Gasteiger partial charge in [-0.3, -0.25) is 4.90 Å². The molecule has 0 amide bonds. The van der Waals surface area contributed by atoms with Crippen LogP contribution in [0.5, 0.6) is 0 Å². The largest absolute Gasteiger partial charge is 0.456 e. The summed E-state index contributed by atoms with van der Waals surface area (Å²) >= 11 is 0. The fourth-order valence-electron chi connectivity index (χ4n) is 1.22. The second-order valence-electron chi connectivity index (χ2n) is 3.86. The highest BCUT2D eigenvalue weighted by Crippen LogP contribution is 2.15. The average molecular weight is 183 g/mol. The summed E-state index contributed by atoms with van der Waals surface area (Å²) in [5.74, 6) is -0.270. The molecule has 0 aromatic heterocycles. The Bertz CT molecular complexity index is 217. The number of nitrogens with zero attached hydrogens (tertiary/aromatic N) is 1. The number of esters is 1. The zero-order chi connectivity index (χ0) is 10.0. The smallest absolute Gasteiger partial charge is 0.333 e. The van der Waals surface area contributed by atoms with Gasteiger partial charge in [-0.05, 0) is 20.8 Å². The molecule has 0 radical (unpaired) electrons. The SMILES string of the molecule is C=C(C)C(=O)OC1CN(C(C)C)C1. The molecule has 0 atom stereocenters. The van der Waals surface area contributed by atoms with Crippen molar-refractivity contribution in [2.24, 2.45) is 0 Å². The van der Waals surface area contributed by atoms with Crippen LogP contribution >= 0.6 is 0 Å². The van der Waals surface area contributed by atoms with Gasteiger partial charge < -0.3 is 4.74 Å². The maximum atomic E-state index is 11.1. The van der Waals surface area contributed by atoms with Crippen molar-refractivity contribution in [3.8, 4) is 0 Å². The zero-order valence-electron chi connectivity index (χ0n) is 8.54. The predicted octanol–water partition coefficient (Wildman–Crippen LogP) is 1.20. The van der Waals surface area contributed by atoms with E-state index < -0.39 is 0 Å². The summed E-state index contributed by atoms with van der Waals surface area (Å²) in [4.78, 5) is 13.3. The van der Waals surface area contributed by atoms with Gasteiger partial charge in [0.25, 0.3) is 0 Å². The van der Waals surface area contributed by atoms with E-state index >= 15 is 0 Å². The van der Waals surface area contributed by atoms with Crippen LogP contribution in [0.4, 0.5) is 0 Å². The summed E-state index contributed by atoms with van der Waals surface area (Å²) in [6, 6.07) is 0.541. The molecule has 0 N–H and O–H groups in total. The normalized spacial score (nSPS) is 18.5. The van der Waals surface area contributed by atoms with E-state index in [-0.39, 0.29) is 12.1 Å². The number of rotatable bonds is 3. The molecule has 1 heterocycles. The van der Waals surface area contributed by atoms with Gasteiger partial charge in [0.15, 0.2) is 0 Å². The van der Waals surface area contributed by atoms with Gasteiger partial charge in [0, 0.05) is 24.7 Å². The first-order valence-corrected chi connectivity index (χ1v) is 4.61. The summed E-state index contributed by atoms with van der Waals surface area (Å²) in [7, 11) is 0. The Labute approximate surface area is 79.4 Å². The summed E-state index contributed by atoms with van der Waals surface area (Å²) < 4.78 is 5.15. The minimum atomic E-state index is -0.270. The van der Waals surface area contributed by atoms with Gasteiger partial charge >= 0.3 is 5.97 Å². The van der Waals surface area contributed by atoms with E-state index in [0.717, 1.165) is 13.1 Å². The molecule has 0 aromatic rings. The van der Waals surface area contributed by atoms with Gasteiger partial charge in [-0.25, -0.2) is 4.79 Å². The number of carbonyl (C=O) groups is 1. The first-order valence-electron chi connectivity index (χ1n) is 4.61. The second-order valence-corrected chi connectivity index (χ2v) is 3.86. The number of ether oxygens (including phenoxy) is 1. The molecule has 0 spiro atoms. The van der Waals surface area contributed by atoms with Crippen molar-refractivity contribution >= 4 is 5.97 Å². The van der Waals surface area contributed by atoms with Crippen LogP contribution in [0.2, 0.25) is 0 Å². The molecular formula is C10H17NO2. The second kappa shape index (κ2) is 3.92. The van der Waals surface area contributed by atoms with Gasteiger partial charge in [-0.1, -0.05) is 6.58 Å². The fourth-order valence-corrected chi connectivity index (χ4v) is 1.22. The van der Waals surface area contributed by atoms with Crippen LogP contribution in [-0.2, 0) is 9.53 Å². The fraction of sp³-hybridized carbons (Fsp3) is 0.700. The van der Waals surface area contributed by atoms with E-state index in [1.54, 1.807) is 6.92 Å². The van der Waals surface area contributed by atoms with Crippen molar-refractivity contribution in [2.75, 3.05) is 13.1 Å². The molecule has 13 heavy (non-hydrogen) atoms. The Morgan fingerprint density at radius 1 is 1.54 bits per heavy atom. The molecule has 74 valence electrons. The van der Waals surface area contributed by atoms with Crippen molar-refractivity contribution in [2.45, 2.75) is 32.9 Å². The Morgan fingerprint density at radius 2 is 2.08 bits per heavy atom. The molecule has 0 unspecified atom stereocenters. The van der Waals surface area contributed by atoms with Crippen molar-refractivity contribution in [3.05, 3.63) is 12.2 Å². The third-order valence-electron chi connectivity index (χ3n) is 2.23. The van der Waals surface area contributed by atoms with Crippen LogP contribution in [0.3, 0.4) is 0 Å². The molecule has 0 aliphatic carbocycles. The molecule has 3 nitrogen and oxygen atoms in total. The maximum Gasteiger partial charge on any atom is 0.333 e. The third kappa shape index (κ3) is 2.56. The first kappa shape index (κ1) is 10.3. The minimum absolute atomic E-state index is 0.0756. The number of hydrogen-bond donors (Lipinski definition) is 0.